The largest absolute Gasteiger partial charge is 0.494 e. The summed E-state index contributed by atoms with van der Waals surface area (Å²) in [6.07, 6.45) is 1.79. The Balaban J connectivity index is 1.88. The van der Waals surface area contributed by atoms with Crippen LogP contribution in [-0.2, 0) is 10.0 Å². The fraction of sp³-hybridized carbons (Fsp3) is 0.375. The monoisotopic (exact) mass is 337 g/mol. The highest BCUT2D eigenvalue weighted by Gasteiger charge is 2.36. The molecule has 1 saturated heterocycles. The van der Waals surface area contributed by atoms with Crippen molar-refractivity contribution >= 4 is 21.4 Å². The normalized spacial score (nSPS) is 19.4. The summed E-state index contributed by atoms with van der Waals surface area (Å²) in [4.78, 5) is 1.45. The lowest BCUT2D eigenvalue weighted by atomic mass is 10.2. The number of ether oxygens (including phenoxy) is 1. The molecule has 0 radical (unpaired) electrons. The number of rotatable bonds is 5. The lowest BCUT2D eigenvalue weighted by molar-refractivity contribution is 0.340. The lowest BCUT2D eigenvalue weighted by Gasteiger charge is -2.23. The molecule has 0 unspecified atom stereocenters. The first-order chi connectivity index (χ1) is 10.6. The van der Waals surface area contributed by atoms with Crippen LogP contribution in [0.15, 0.2) is 46.7 Å². The Morgan fingerprint density at radius 2 is 2.05 bits per heavy atom. The summed E-state index contributed by atoms with van der Waals surface area (Å²) in [7, 11) is -3.46. The van der Waals surface area contributed by atoms with Crippen molar-refractivity contribution in [3.05, 3.63) is 46.7 Å². The first-order valence-corrected chi connectivity index (χ1v) is 9.73. The summed E-state index contributed by atoms with van der Waals surface area (Å²) in [5.74, 6) is 0.692. The maximum atomic E-state index is 12.9. The van der Waals surface area contributed by atoms with E-state index in [-0.39, 0.29) is 6.04 Å². The van der Waals surface area contributed by atoms with Crippen molar-refractivity contribution in [3.8, 4) is 5.75 Å². The molecule has 0 saturated carbocycles. The fourth-order valence-corrected chi connectivity index (χ4v) is 5.42. The van der Waals surface area contributed by atoms with Crippen LogP contribution < -0.4 is 4.74 Å². The first kappa shape index (κ1) is 15.5. The summed E-state index contributed by atoms with van der Waals surface area (Å²) in [6.45, 7) is 3.05. The summed E-state index contributed by atoms with van der Waals surface area (Å²) in [5.41, 5.74) is 0. The molecule has 0 aliphatic carbocycles. The zero-order chi connectivity index (χ0) is 15.6. The third-order valence-corrected chi connectivity index (χ3v) is 6.71. The molecule has 0 N–H and O–H groups in total. The number of nitrogens with zero attached hydrogens (tertiary/aromatic N) is 1. The van der Waals surface area contributed by atoms with Crippen molar-refractivity contribution in [2.24, 2.45) is 0 Å². The average Bonchev–Trinajstić information content (AvgIpc) is 3.19. The Kier molecular flexibility index (Phi) is 4.52. The summed E-state index contributed by atoms with van der Waals surface area (Å²) < 4.78 is 32.8. The van der Waals surface area contributed by atoms with Gasteiger partial charge in [-0.05, 0) is 55.5 Å². The molecule has 0 amide bonds. The van der Waals surface area contributed by atoms with Gasteiger partial charge in [-0.3, -0.25) is 0 Å². The third kappa shape index (κ3) is 2.91. The highest BCUT2D eigenvalue weighted by atomic mass is 32.2. The molecule has 1 aromatic carbocycles. The molecule has 1 aliphatic heterocycles. The standard InChI is InChI=1S/C16H19NO3S2/c1-2-20-13-7-9-14(10-8-13)22(18,19)17-11-3-5-15(17)16-6-4-12-21-16/h4,6-10,12,15H,2-3,5,11H2,1H3/t15-/m1/s1. The molecule has 0 spiro atoms. The molecule has 6 heteroatoms. The Hall–Kier alpha value is -1.37. The average molecular weight is 337 g/mol. The Morgan fingerprint density at radius 1 is 1.27 bits per heavy atom. The van der Waals surface area contributed by atoms with Gasteiger partial charge in [0.2, 0.25) is 10.0 Å². The van der Waals surface area contributed by atoms with E-state index in [0.29, 0.717) is 23.8 Å². The molecular weight excluding hydrogens is 318 g/mol. The maximum Gasteiger partial charge on any atom is 0.243 e. The Labute approximate surface area is 135 Å². The molecule has 1 aromatic heterocycles. The summed E-state index contributed by atoms with van der Waals surface area (Å²) >= 11 is 1.62. The van der Waals surface area contributed by atoms with Crippen molar-refractivity contribution in [1.82, 2.24) is 4.31 Å². The van der Waals surface area contributed by atoms with E-state index in [4.69, 9.17) is 4.74 Å². The molecule has 118 valence electrons. The van der Waals surface area contributed by atoms with Crippen LogP contribution in [-0.4, -0.2) is 25.9 Å². The van der Waals surface area contributed by atoms with E-state index in [9.17, 15) is 8.42 Å². The highest BCUT2D eigenvalue weighted by Crippen LogP contribution is 2.38. The van der Waals surface area contributed by atoms with Crippen molar-refractivity contribution in [2.75, 3.05) is 13.2 Å². The molecule has 1 aliphatic rings. The summed E-state index contributed by atoms with van der Waals surface area (Å²) in [5, 5.41) is 2.00. The van der Waals surface area contributed by atoms with Crippen LogP contribution in [0.3, 0.4) is 0 Å². The predicted octanol–water partition coefficient (Wildman–Crippen LogP) is 3.67. The van der Waals surface area contributed by atoms with E-state index < -0.39 is 10.0 Å². The van der Waals surface area contributed by atoms with Gasteiger partial charge >= 0.3 is 0 Å². The number of thiophene rings is 1. The van der Waals surface area contributed by atoms with E-state index >= 15 is 0 Å². The number of benzene rings is 1. The molecule has 2 heterocycles. The predicted molar refractivity (Wildman–Crippen MR) is 87.8 cm³/mol. The van der Waals surface area contributed by atoms with E-state index in [0.717, 1.165) is 17.7 Å². The smallest absolute Gasteiger partial charge is 0.243 e. The van der Waals surface area contributed by atoms with Gasteiger partial charge in [-0.2, -0.15) is 4.31 Å². The molecule has 22 heavy (non-hydrogen) atoms. The summed E-state index contributed by atoms with van der Waals surface area (Å²) in [6, 6.07) is 10.6. The van der Waals surface area contributed by atoms with Crippen LogP contribution in [0.1, 0.15) is 30.7 Å². The molecule has 1 atom stereocenters. The molecule has 2 aromatic rings. The van der Waals surface area contributed by atoms with E-state index in [1.165, 1.54) is 0 Å². The Morgan fingerprint density at radius 3 is 2.68 bits per heavy atom. The molecule has 4 nitrogen and oxygen atoms in total. The van der Waals surface area contributed by atoms with Gasteiger partial charge in [-0.25, -0.2) is 8.42 Å². The second-order valence-corrected chi connectivity index (χ2v) is 8.06. The molecule has 3 rings (SSSR count). The van der Waals surface area contributed by atoms with E-state index in [2.05, 4.69) is 0 Å². The minimum atomic E-state index is -3.46. The zero-order valence-electron chi connectivity index (χ0n) is 12.4. The van der Waals surface area contributed by atoms with Gasteiger partial charge in [0.05, 0.1) is 17.5 Å². The van der Waals surface area contributed by atoms with Crippen molar-refractivity contribution in [3.63, 3.8) is 0 Å². The quantitative estimate of drug-likeness (QED) is 0.836. The molecule has 1 fully saturated rings. The van der Waals surface area contributed by atoms with Gasteiger partial charge < -0.3 is 4.74 Å². The topological polar surface area (TPSA) is 46.6 Å². The SMILES string of the molecule is CCOc1ccc(S(=O)(=O)N2CCC[C@@H]2c2cccs2)cc1. The van der Waals surface area contributed by atoms with Gasteiger partial charge in [-0.1, -0.05) is 6.07 Å². The van der Waals surface area contributed by atoms with Crippen LogP contribution in [0.25, 0.3) is 0 Å². The van der Waals surface area contributed by atoms with Gasteiger partial charge in [-0.15, -0.1) is 11.3 Å². The van der Waals surface area contributed by atoms with Gasteiger partial charge in [0.25, 0.3) is 0 Å². The van der Waals surface area contributed by atoms with Crippen molar-refractivity contribution in [2.45, 2.75) is 30.7 Å². The van der Waals surface area contributed by atoms with Crippen LogP contribution in [0.5, 0.6) is 5.75 Å². The highest BCUT2D eigenvalue weighted by molar-refractivity contribution is 7.89. The number of hydrogen-bond donors (Lipinski definition) is 0. The number of sulfonamides is 1. The van der Waals surface area contributed by atoms with Crippen molar-refractivity contribution < 1.29 is 13.2 Å². The third-order valence-electron chi connectivity index (χ3n) is 3.82. The lowest BCUT2D eigenvalue weighted by Crippen LogP contribution is -2.30. The van der Waals surface area contributed by atoms with Crippen LogP contribution in [0.2, 0.25) is 0 Å². The van der Waals surface area contributed by atoms with Gasteiger partial charge in [0, 0.05) is 11.4 Å². The second-order valence-electron chi connectivity index (χ2n) is 5.19. The van der Waals surface area contributed by atoms with Crippen LogP contribution >= 0.6 is 11.3 Å². The van der Waals surface area contributed by atoms with Crippen LogP contribution in [0, 0.1) is 0 Å². The second kappa shape index (κ2) is 6.40. The molecule has 0 bridgehead atoms. The van der Waals surface area contributed by atoms with Gasteiger partial charge in [0.15, 0.2) is 0 Å². The van der Waals surface area contributed by atoms with E-state index in [1.807, 2.05) is 24.4 Å². The van der Waals surface area contributed by atoms with Crippen LogP contribution in [0.4, 0.5) is 0 Å². The van der Waals surface area contributed by atoms with Gasteiger partial charge in [0.1, 0.15) is 5.75 Å². The zero-order valence-corrected chi connectivity index (χ0v) is 14.1. The molecular formula is C16H19NO3S2. The van der Waals surface area contributed by atoms with E-state index in [1.54, 1.807) is 39.9 Å². The minimum absolute atomic E-state index is 0.0310. The maximum absolute atomic E-state index is 12.9. The first-order valence-electron chi connectivity index (χ1n) is 7.41. The number of hydrogen-bond acceptors (Lipinski definition) is 4. The fourth-order valence-electron chi connectivity index (χ4n) is 2.80. The van der Waals surface area contributed by atoms with Crippen molar-refractivity contribution in [1.29, 1.82) is 0 Å². The minimum Gasteiger partial charge on any atom is -0.494 e. The Bertz CT molecular complexity index is 708.